The molecule has 2 heterocycles. The van der Waals surface area contributed by atoms with E-state index in [1.807, 2.05) is 32.0 Å². The molecule has 2 aromatic rings. The Hall–Kier alpha value is -2.87. The van der Waals surface area contributed by atoms with E-state index in [1.54, 1.807) is 24.4 Å². The largest absolute Gasteiger partial charge is 0.455 e. The number of aryl methyl sites for hydroxylation is 1. The average molecular weight is 337 g/mol. The molecule has 0 aromatic carbocycles. The maximum atomic E-state index is 12.2. The molecule has 0 atom stereocenters. The first-order valence-corrected chi connectivity index (χ1v) is 8.28. The molecule has 0 unspecified atom stereocenters. The smallest absolute Gasteiger partial charge is 0.349 e. The molecule has 0 radical (unpaired) electrons. The molecule has 0 amide bonds. The Balaban J connectivity index is 2.17. The van der Waals surface area contributed by atoms with Crippen LogP contribution >= 0.6 is 0 Å². The highest BCUT2D eigenvalue weighted by Gasteiger charge is 2.14. The molecule has 25 heavy (non-hydrogen) atoms. The van der Waals surface area contributed by atoms with E-state index in [-0.39, 0.29) is 12.2 Å². The van der Waals surface area contributed by atoms with Gasteiger partial charge in [-0.1, -0.05) is 19.9 Å². The van der Waals surface area contributed by atoms with Gasteiger partial charge in [-0.3, -0.25) is 4.98 Å². The van der Waals surface area contributed by atoms with Crippen molar-refractivity contribution in [2.24, 2.45) is 5.92 Å². The van der Waals surface area contributed by atoms with Crippen LogP contribution < -0.4 is 0 Å². The Morgan fingerprint density at radius 1 is 1.40 bits per heavy atom. The van der Waals surface area contributed by atoms with Gasteiger partial charge in [-0.05, 0) is 49.6 Å². The Morgan fingerprint density at radius 2 is 2.16 bits per heavy atom. The summed E-state index contributed by atoms with van der Waals surface area (Å²) in [6, 6.07) is 9.30. The lowest BCUT2D eigenvalue weighted by Crippen LogP contribution is -2.08. The van der Waals surface area contributed by atoms with Crippen molar-refractivity contribution < 1.29 is 9.53 Å². The molecule has 0 saturated heterocycles. The van der Waals surface area contributed by atoms with Crippen LogP contribution in [0.2, 0.25) is 0 Å². The van der Waals surface area contributed by atoms with Gasteiger partial charge in [0.25, 0.3) is 0 Å². The fourth-order valence-corrected chi connectivity index (χ4v) is 2.61. The molecule has 2 rings (SSSR count). The number of rotatable bonds is 6. The first-order chi connectivity index (χ1) is 11.9. The van der Waals surface area contributed by atoms with Crippen molar-refractivity contribution in [2.45, 2.75) is 40.8 Å². The number of pyridine rings is 1. The summed E-state index contributed by atoms with van der Waals surface area (Å²) in [7, 11) is 0. The highest BCUT2D eigenvalue weighted by atomic mass is 16.5. The van der Waals surface area contributed by atoms with Gasteiger partial charge >= 0.3 is 5.97 Å². The SMILES string of the molecule is Cc1cc(/C=C(\C#N)C(=O)OCc2ccccn2)c(C)n1CC(C)C. The van der Waals surface area contributed by atoms with Crippen LogP contribution in [0.4, 0.5) is 0 Å². The van der Waals surface area contributed by atoms with Crippen molar-refractivity contribution in [3.05, 3.63) is 58.7 Å². The summed E-state index contributed by atoms with van der Waals surface area (Å²) in [6.07, 6.45) is 3.23. The lowest BCUT2D eigenvalue weighted by molar-refractivity contribution is -0.139. The van der Waals surface area contributed by atoms with Crippen LogP contribution in [0.1, 0.15) is 36.5 Å². The number of carbonyl (C=O) groups is 1. The Morgan fingerprint density at radius 3 is 2.76 bits per heavy atom. The molecule has 0 aliphatic rings. The van der Waals surface area contributed by atoms with Crippen LogP contribution in [0, 0.1) is 31.1 Å². The third-order valence-electron chi connectivity index (χ3n) is 3.88. The van der Waals surface area contributed by atoms with Gasteiger partial charge in [0.15, 0.2) is 0 Å². The molecular formula is C20H23N3O2. The van der Waals surface area contributed by atoms with Gasteiger partial charge in [-0.25, -0.2) is 4.79 Å². The standard InChI is InChI=1S/C20H23N3O2/c1-14(2)12-23-15(3)9-17(16(23)4)10-18(11-21)20(24)25-13-19-7-5-6-8-22-19/h5-10,14H,12-13H2,1-4H3/b18-10+. The normalized spacial score (nSPS) is 11.4. The molecule has 0 fully saturated rings. The van der Waals surface area contributed by atoms with Crippen molar-refractivity contribution in [3.8, 4) is 6.07 Å². The van der Waals surface area contributed by atoms with E-state index in [1.165, 1.54) is 0 Å². The third-order valence-corrected chi connectivity index (χ3v) is 3.88. The summed E-state index contributed by atoms with van der Waals surface area (Å²) in [5, 5.41) is 9.33. The quantitative estimate of drug-likeness (QED) is 0.457. The fraction of sp³-hybridized carbons (Fsp3) is 0.350. The van der Waals surface area contributed by atoms with Gasteiger partial charge in [0, 0.05) is 24.1 Å². The summed E-state index contributed by atoms with van der Waals surface area (Å²) in [4.78, 5) is 16.3. The van der Waals surface area contributed by atoms with E-state index >= 15 is 0 Å². The summed E-state index contributed by atoms with van der Waals surface area (Å²) in [5.74, 6) is -0.123. The van der Waals surface area contributed by atoms with Crippen LogP contribution in [-0.2, 0) is 22.7 Å². The molecule has 5 nitrogen and oxygen atoms in total. The average Bonchev–Trinajstić information content (AvgIpc) is 2.85. The zero-order valence-corrected chi connectivity index (χ0v) is 15.1. The van der Waals surface area contributed by atoms with Crippen LogP contribution in [0.25, 0.3) is 6.08 Å². The first kappa shape index (κ1) is 18.5. The zero-order chi connectivity index (χ0) is 18.4. The summed E-state index contributed by atoms with van der Waals surface area (Å²) >= 11 is 0. The summed E-state index contributed by atoms with van der Waals surface area (Å²) < 4.78 is 7.39. The molecule has 5 heteroatoms. The number of nitriles is 1. The Bertz CT molecular complexity index is 811. The highest BCUT2D eigenvalue weighted by molar-refractivity contribution is 5.98. The van der Waals surface area contributed by atoms with Gasteiger partial charge in [0.1, 0.15) is 18.2 Å². The minimum absolute atomic E-state index is 0.0132. The lowest BCUT2D eigenvalue weighted by atomic mass is 10.1. The fourth-order valence-electron chi connectivity index (χ4n) is 2.61. The minimum atomic E-state index is -0.637. The van der Waals surface area contributed by atoms with Crippen LogP contribution in [-0.4, -0.2) is 15.5 Å². The molecule has 0 N–H and O–H groups in total. The van der Waals surface area contributed by atoms with Gasteiger partial charge in [0.05, 0.1) is 5.69 Å². The second-order valence-corrected chi connectivity index (χ2v) is 6.40. The molecular weight excluding hydrogens is 314 g/mol. The van der Waals surface area contributed by atoms with Gasteiger partial charge < -0.3 is 9.30 Å². The predicted molar refractivity (Wildman–Crippen MR) is 96.4 cm³/mol. The third kappa shape index (κ3) is 4.80. The lowest BCUT2D eigenvalue weighted by Gasteiger charge is -2.12. The van der Waals surface area contributed by atoms with E-state index in [9.17, 15) is 10.1 Å². The van der Waals surface area contributed by atoms with E-state index in [0.717, 1.165) is 23.5 Å². The molecule has 0 aliphatic carbocycles. The van der Waals surface area contributed by atoms with Crippen molar-refractivity contribution >= 4 is 12.0 Å². The Labute approximate surface area is 148 Å². The van der Waals surface area contributed by atoms with E-state index in [4.69, 9.17) is 4.74 Å². The van der Waals surface area contributed by atoms with Crippen molar-refractivity contribution in [2.75, 3.05) is 0 Å². The van der Waals surface area contributed by atoms with Gasteiger partial charge in [-0.15, -0.1) is 0 Å². The van der Waals surface area contributed by atoms with Crippen LogP contribution in [0.3, 0.4) is 0 Å². The highest BCUT2D eigenvalue weighted by Crippen LogP contribution is 2.20. The second-order valence-electron chi connectivity index (χ2n) is 6.40. The van der Waals surface area contributed by atoms with Gasteiger partial charge in [0.2, 0.25) is 0 Å². The van der Waals surface area contributed by atoms with E-state index in [2.05, 4.69) is 23.4 Å². The molecule has 130 valence electrons. The van der Waals surface area contributed by atoms with Crippen LogP contribution in [0.5, 0.6) is 0 Å². The zero-order valence-electron chi connectivity index (χ0n) is 15.1. The summed E-state index contributed by atoms with van der Waals surface area (Å²) in [6.45, 7) is 9.28. The molecule has 0 spiro atoms. The second kappa shape index (κ2) is 8.29. The maximum Gasteiger partial charge on any atom is 0.349 e. The summed E-state index contributed by atoms with van der Waals surface area (Å²) in [5.41, 5.74) is 3.64. The number of esters is 1. The number of hydrogen-bond acceptors (Lipinski definition) is 4. The van der Waals surface area contributed by atoms with E-state index in [0.29, 0.717) is 11.6 Å². The van der Waals surface area contributed by atoms with Crippen molar-refractivity contribution in [1.29, 1.82) is 5.26 Å². The number of ether oxygens (including phenoxy) is 1. The number of hydrogen-bond donors (Lipinski definition) is 0. The Kier molecular flexibility index (Phi) is 6.13. The van der Waals surface area contributed by atoms with Crippen LogP contribution in [0.15, 0.2) is 36.0 Å². The monoisotopic (exact) mass is 337 g/mol. The minimum Gasteiger partial charge on any atom is -0.455 e. The first-order valence-electron chi connectivity index (χ1n) is 8.28. The number of aromatic nitrogens is 2. The molecule has 2 aromatic heterocycles. The van der Waals surface area contributed by atoms with Gasteiger partial charge in [-0.2, -0.15) is 5.26 Å². The maximum absolute atomic E-state index is 12.2. The number of nitrogens with zero attached hydrogens (tertiary/aromatic N) is 3. The molecule has 0 aliphatic heterocycles. The molecule has 0 saturated carbocycles. The topological polar surface area (TPSA) is 67.9 Å². The van der Waals surface area contributed by atoms with E-state index < -0.39 is 5.97 Å². The predicted octanol–water partition coefficient (Wildman–Crippen LogP) is 3.81. The van der Waals surface area contributed by atoms with Crippen molar-refractivity contribution in [3.63, 3.8) is 0 Å². The van der Waals surface area contributed by atoms with Crippen molar-refractivity contribution in [1.82, 2.24) is 9.55 Å². The number of carbonyl (C=O) groups excluding carboxylic acids is 1. The molecule has 0 bridgehead atoms.